The van der Waals surface area contributed by atoms with E-state index in [1.54, 1.807) is 34.0 Å². The summed E-state index contributed by atoms with van der Waals surface area (Å²) in [5.74, 6) is -0.462. The molecular formula is C13H15N3O3S. The predicted octanol–water partition coefficient (Wildman–Crippen LogP) is 1.01. The largest absolute Gasteiger partial charge is 0.462 e. The lowest BCUT2D eigenvalue weighted by Gasteiger charge is -2.07. The van der Waals surface area contributed by atoms with Crippen LogP contribution in [0.4, 0.5) is 0 Å². The molecule has 6 nitrogen and oxygen atoms in total. The summed E-state index contributed by atoms with van der Waals surface area (Å²) in [7, 11) is 3.27. The minimum atomic E-state index is -0.462. The van der Waals surface area contributed by atoms with Crippen LogP contribution in [0, 0.1) is 6.92 Å². The van der Waals surface area contributed by atoms with E-state index in [1.807, 2.05) is 0 Å². The molecule has 0 radical (unpaired) electrons. The fourth-order valence-electron chi connectivity index (χ4n) is 1.85. The lowest BCUT2D eigenvalue weighted by Crippen LogP contribution is -2.29. The lowest BCUT2D eigenvalue weighted by atomic mass is 10.2. The van der Waals surface area contributed by atoms with E-state index in [0.29, 0.717) is 26.3 Å². The topological polar surface area (TPSA) is 73.6 Å². The van der Waals surface area contributed by atoms with Gasteiger partial charge in [-0.3, -0.25) is 14.4 Å². The van der Waals surface area contributed by atoms with Crippen molar-refractivity contribution >= 4 is 27.5 Å². The molecule has 2 rings (SSSR count). The molecule has 0 atom stereocenters. The summed E-state index contributed by atoms with van der Waals surface area (Å²) in [5, 5.41) is 0.401. The third-order valence-corrected chi connectivity index (χ3v) is 4.02. The SMILES string of the molecule is CCOC(=O)c1cc2c(=O)n(C)c(=NC)sc2nc1C. The normalized spacial score (nSPS) is 11.9. The van der Waals surface area contributed by atoms with Crippen LogP contribution in [0.2, 0.25) is 0 Å². The highest BCUT2D eigenvalue weighted by Crippen LogP contribution is 2.16. The van der Waals surface area contributed by atoms with Crippen LogP contribution in [-0.4, -0.2) is 29.2 Å². The molecule has 0 bridgehead atoms. The zero-order valence-corrected chi connectivity index (χ0v) is 12.6. The summed E-state index contributed by atoms with van der Waals surface area (Å²) < 4.78 is 6.41. The zero-order valence-electron chi connectivity index (χ0n) is 11.8. The highest BCUT2D eigenvalue weighted by Gasteiger charge is 2.15. The molecule has 0 saturated heterocycles. The van der Waals surface area contributed by atoms with Crippen LogP contribution >= 0.6 is 11.3 Å². The predicted molar refractivity (Wildman–Crippen MR) is 77.0 cm³/mol. The number of ether oxygens (including phenoxy) is 1. The summed E-state index contributed by atoms with van der Waals surface area (Å²) in [6, 6.07) is 1.55. The Kier molecular flexibility index (Phi) is 3.99. The highest BCUT2D eigenvalue weighted by molar-refractivity contribution is 7.15. The van der Waals surface area contributed by atoms with Crippen LogP contribution in [0.5, 0.6) is 0 Å². The molecule has 106 valence electrons. The number of hydrogen-bond donors (Lipinski definition) is 0. The maximum absolute atomic E-state index is 12.3. The Morgan fingerprint density at radius 2 is 2.25 bits per heavy atom. The summed E-state index contributed by atoms with van der Waals surface area (Å²) in [4.78, 5) is 33.6. The van der Waals surface area contributed by atoms with E-state index < -0.39 is 5.97 Å². The van der Waals surface area contributed by atoms with Crippen molar-refractivity contribution in [2.75, 3.05) is 13.7 Å². The Balaban J connectivity index is 2.80. The van der Waals surface area contributed by atoms with E-state index >= 15 is 0 Å². The number of esters is 1. The molecule has 7 heteroatoms. The van der Waals surface area contributed by atoms with Crippen molar-refractivity contribution in [3.63, 3.8) is 0 Å². The number of pyridine rings is 1. The molecule has 0 aliphatic rings. The van der Waals surface area contributed by atoms with Gasteiger partial charge in [0.05, 0.1) is 23.3 Å². The molecule has 0 amide bonds. The second-order valence-electron chi connectivity index (χ2n) is 4.17. The van der Waals surface area contributed by atoms with Crippen molar-refractivity contribution in [2.24, 2.45) is 12.0 Å². The van der Waals surface area contributed by atoms with Crippen LogP contribution in [-0.2, 0) is 11.8 Å². The lowest BCUT2D eigenvalue weighted by molar-refractivity contribution is 0.0525. The van der Waals surface area contributed by atoms with E-state index in [0.717, 1.165) is 0 Å². The molecule has 0 aliphatic carbocycles. The van der Waals surface area contributed by atoms with Crippen molar-refractivity contribution in [2.45, 2.75) is 13.8 Å². The van der Waals surface area contributed by atoms with Crippen LogP contribution in [0.15, 0.2) is 15.9 Å². The second kappa shape index (κ2) is 5.54. The van der Waals surface area contributed by atoms with Gasteiger partial charge in [-0.1, -0.05) is 11.3 Å². The Labute approximate surface area is 119 Å². The standard InChI is InChI=1S/C13H15N3O3S/c1-5-19-12(18)8-6-9-10(15-7(8)2)20-13(14-3)16(4)11(9)17/h6H,5H2,1-4H3. The molecule has 0 aliphatic heterocycles. The monoisotopic (exact) mass is 293 g/mol. The highest BCUT2D eigenvalue weighted by atomic mass is 32.1. The molecule has 2 aromatic rings. The maximum atomic E-state index is 12.3. The molecule has 0 aromatic carbocycles. The van der Waals surface area contributed by atoms with Gasteiger partial charge in [0.25, 0.3) is 5.56 Å². The van der Waals surface area contributed by atoms with Gasteiger partial charge in [-0.2, -0.15) is 0 Å². The smallest absolute Gasteiger partial charge is 0.339 e. The summed E-state index contributed by atoms with van der Waals surface area (Å²) in [6.07, 6.45) is 0. The maximum Gasteiger partial charge on any atom is 0.339 e. The van der Waals surface area contributed by atoms with Crippen molar-refractivity contribution in [1.82, 2.24) is 9.55 Å². The van der Waals surface area contributed by atoms with Crippen molar-refractivity contribution in [1.29, 1.82) is 0 Å². The number of rotatable bonds is 2. The molecule has 0 N–H and O–H groups in total. The van der Waals surface area contributed by atoms with Crippen molar-refractivity contribution < 1.29 is 9.53 Å². The minimum absolute atomic E-state index is 0.225. The van der Waals surface area contributed by atoms with Gasteiger partial charge < -0.3 is 4.74 Å². The van der Waals surface area contributed by atoms with Gasteiger partial charge in [0.2, 0.25) is 0 Å². The number of nitrogens with zero attached hydrogens (tertiary/aromatic N) is 3. The molecule has 2 aromatic heterocycles. The minimum Gasteiger partial charge on any atom is -0.462 e. The fourth-order valence-corrected chi connectivity index (χ4v) is 2.77. The van der Waals surface area contributed by atoms with Gasteiger partial charge in [-0.25, -0.2) is 9.78 Å². The summed E-state index contributed by atoms with van der Waals surface area (Å²) in [6.45, 7) is 3.74. The third-order valence-electron chi connectivity index (χ3n) is 2.87. The molecule has 0 saturated carbocycles. The van der Waals surface area contributed by atoms with Gasteiger partial charge >= 0.3 is 5.97 Å². The number of fused-ring (bicyclic) bond motifs is 1. The Morgan fingerprint density at radius 1 is 1.55 bits per heavy atom. The molecular weight excluding hydrogens is 278 g/mol. The number of carbonyl (C=O) groups is 1. The summed E-state index contributed by atoms with van der Waals surface area (Å²) in [5.41, 5.74) is 0.643. The molecule has 0 spiro atoms. The van der Waals surface area contributed by atoms with Crippen molar-refractivity contribution in [3.8, 4) is 0 Å². The average molecular weight is 293 g/mol. The zero-order chi connectivity index (χ0) is 14.9. The molecule has 0 fully saturated rings. The Morgan fingerprint density at radius 3 is 2.85 bits per heavy atom. The van der Waals surface area contributed by atoms with Crippen LogP contribution in [0.1, 0.15) is 23.0 Å². The van der Waals surface area contributed by atoms with Gasteiger partial charge in [-0.15, -0.1) is 0 Å². The van der Waals surface area contributed by atoms with Crippen LogP contribution in [0.3, 0.4) is 0 Å². The van der Waals surface area contributed by atoms with Gasteiger partial charge in [0.1, 0.15) is 4.83 Å². The first-order valence-corrected chi connectivity index (χ1v) is 6.92. The van der Waals surface area contributed by atoms with Crippen LogP contribution < -0.4 is 10.4 Å². The fraction of sp³-hybridized carbons (Fsp3) is 0.385. The van der Waals surface area contributed by atoms with Gasteiger partial charge in [0, 0.05) is 14.1 Å². The van der Waals surface area contributed by atoms with Gasteiger partial charge in [0.15, 0.2) is 4.80 Å². The second-order valence-corrected chi connectivity index (χ2v) is 5.12. The number of carbonyl (C=O) groups excluding carboxylic acids is 1. The first-order valence-electron chi connectivity index (χ1n) is 6.11. The number of aryl methyl sites for hydroxylation is 1. The molecule has 20 heavy (non-hydrogen) atoms. The molecule has 0 unspecified atom stereocenters. The average Bonchev–Trinajstić information content (AvgIpc) is 2.42. The van der Waals surface area contributed by atoms with Crippen LogP contribution in [0.25, 0.3) is 10.2 Å². The van der Waals surface area contributed by atoms with E-state index in [-0.39, 0.29) is 12.2 Å². The van der Waals surface area contributed by atoms with E-state index in [9.17, 15) is 9.59 Å². The Bertz CT molecular complexity index is 805. The van der Waals surface area contributed by atoms with Gasteiger partial charge in [-0.05, 0) is 19.9 Å². The van der Waals surface area contributed by atoms with E-state index in [4.69, 9.17) is 4.74 Å². The van der Waals surface area contributed by atoms with E-state index in [2.05, 4.69) is 9.98 Å². The number of hydrogen-bond acceptors (Lipinski definition) is 6. The van der Waals surface area contributed by atoms with Crippen molar-refractivity contribution in [3.05, 3.63) is 32.5 Å². The first-order chi connectivity index (χ1) is 9.49. The van der Waals surface area contributed by atoms with E-state index in [1.165, 1.54) is 15.9 Å². The first kappa shape index (κ1) is 14.4. The third kappa shape index (κ3) is 2.36. The quantitative estimate of drug-likeness (QED) is 0.775. The Hall–Kier alpha value is -2.02. The summed E-state index contributed by atoms with van der Waals surface area (Å²) >= 11 is 1.31. The number of aromatic nitrogens is 2. The molecule has 2 heterocycles.